The van der Waals surface area contributed by atoms with Crippen LogP contribution in [-0.2, 0) is 11.2 Å². The van der Waals surface area contributed by atoms with Crippen LogP contribution in [0.2, 0.25) is 10.0 Å². The van der Waals surface area contributed by atoms with E-state index in [-0.39, 0.29) is 23.8 Å². The first-order chi connectivity index (χ1) is 15.8. The lowest BCUT2D eigenvalue weighted by Crippen LogP contribution is -2.49. The van der Waals surface area contributed by atoms with Gasteiger partial charge in [-0.1, -0.05) is 41.4 Å². The number of hydrogen-bond acceptors (Lipinski definition) is 3. The molecule has 0 saturated carbocycles. The third-order valence-electron chi connectivity index (χ3n) is 5.32. The van der Waals surface area contributed by atoms with Gasteiger partial charge in [-0.2, -0.15) is 0 Å². The standard InChI is InChI=1S/C25H21Cl2N3O3/c1-15(31)28-22-12-17-4-2-3-5-23(17)30(14-22)25(33)16-6-8-21(9-7-16)29-24(32)18-10-19(26)13-20(27)11-18/h2-11,13,22H,12,14H2,1H3,(H,28,31)(H,29,32). The first-order valence-electron chi connectivity index (χ1n) is 10.3. The Hall–Kier alpha value is -3.35. The highest BCUT2D eigenvalue weighted by Crippen LogP contribution is 2.29. The van der Waals surface area contributed by atoms with Gasteiger partial charge in [0, 0.05) is 46.0 Å². The molecule has 1 heterocycles. The quantitative estimate of drug-likeness (QED) is 0.552. The number of hydrogen-bond donors (Lipinski definition) is 2. The summed E-state index contributed by atoms with van der Waals surface area (Å²) in [6.07, 6.45) is 0.665. The summed E-state index contributed by atoms with van der Waals surface area (Å²) in [7, 11) is 0. The summed E-state index contributed by atoms with van der Waals surface area (Å²) in [6.45, 7) is 1.85. The highest BCUT2D eigenvalue weighted by Gasteiger charge is 2.29. The maximum absolute atomic E-state index is 13.3. The normalized spacial score (nSPS) is 14.9. The molecule has 2 N–H and O–H groups in total. The van der Waals surface area contributed by atoms with Crippen molar-refractivity contribution in [2.45, 2.75) is 19.4 Å². The Balaban J connectivity index is 1.52. The van der Waals surface area contributed by atoms with Gasteiger partial charge < -0.3 is 15.5 Å². The molecular formula is C25H21Cl2N3O3. The summed E-state index contributed by atoms with van der Waals surface area (Å²) in [5.74, 6) is -0.675. The zero-order valence-electron chi connectivity index (χ0n) is 17.8. The average Bonchev–Trinajstić information content (AvgIpc) is 2.77. The molecule has 0 aromatic heterocycles. The number of rotatable bonds is 4. The van der Waals surface area contributed by atoms with Crippen LogP contribution in [-0.4, -0.2) is 30.3 Å². The summed E-state index contributed by atoms with van der Waals surface area (Å²) < 4.78 is 0. The molecule has 3 aromatic carbocycles. The Bertz CT molecular complexity index is 1210. The van der Waals surface area contributed by atoms with E-state index in [9.17, 15) is 14.4 Å². The highest BCUT2D eigenvalue weighted by molar-refractivity contribution is 6.35. The van der Waals surface area contributed by atoms with E-state index >= 15 is 0 Å². The summed E-state index contributed by atoms with van der Waals surface area (Å²) in [4.78, 5) is 39.1. The molecule has 0 radical (unpaired) electrons. The number of para-hydroxylation sites is 1. The van der Waals surface area contributed by atoms with Gasteiger partial charge in [-0.25, -0.2) is 0 Å². The molecule has 8 heteroatoms. The number of anilines is 2. The second-order valence-corrected chi connectivity index (χ2v) is 8.71. The Kier molecular flexibility index (Phi) is 6.67. The van der Waals surface area contributed by atoms with Gasteiger partial charge in [0.1, 0.15) is 0 Å². The number of fused-ring (bicyclic) bond motifs is 1. The molecule has 1 unspecified atom stereocenters. The molecule has 3 aromatic rings. The van der Waals surface area contributed by atoms with Crippen LogP contribution in [0.4, 0.5) is 11.4 Å². The fourth-order valence-corrected chi connectivity index (χ4v) is 4.44. The van der Waals surface area contributed by atoms with Crippen LogP contribution in [0, 0.1) is 0 Å². The lowest BCUT2D eigenvalue weighted by atomic mass is 9.97. The van der Waals surface area contributed by atoms with Crippen molar-refractivity contribution in [2.24, 2.45) is 0 Å². The van der Waals surface area contributed by atoms with Crippen LogP contribution in [0.1, 0.15) is 33.2 Å². The molecule has 1 aliphatic rings. The van der Waals surface area contributed by atoms with Crippen LogP contribution >= 0.6 is 23.2 Å². The number of carbonyl (C=O) groups excluding carboxylic acids is 3. The Morgan fingerprint density at radius 1 is 0.909 bits per heavy atom. The van der Waals surface area contributed by atoms with Gasteiger partial charge in [-0.3, -0.25) is 14.4 Å². The predicted molar refractivity (Wildman–Crippen MR) is 130 cm³/mol. The number of amides is 3. The van der Waals surface area contributed by atoms with Crippen LogP contribution in [0.25, 0.3) is 0 Å². The molecule has 1 aliphatic heterocycles. The van der Waals surface area contributed by atoms with Crippen molar-refractivity contribution in [1.82, 2.24) is 5.32 Å². The third kappa shape index (κ3) is 5.35. The third-order valence-corrected chi connectivity index (χ3v) is 5.76. The Labute approximate surface area is 201 Å². The van der Waals surface area contributed by atoms with Gasteiger partial charge in [-0.15, -0.1) is 0 Å². The fraction of sp³-hybridized carbons (Fsp3) is 0.160. The van der Waals surface area contributed by atoms with Gasteiger partial charge in [0.25, 0.3) is 11.8 Å². The first kappa shape index (κ1) is 22.8. The van der Waals surface area contributed by atoms with E-state index in [0.29, 0.717) is 39.8 Å². The predicted octanol–water partition coefficient (Wildman–Crippen LogP) is 4.95. The van der Waals surface area contributed by atoms with Gasteiger partial charge >= 0.3 is 0 Å². The smallest absolute Gasteiger partial charge is 0.258 e. The monoisotopic (exact) mass is 481 g/mol. The number of nitrogens with one attached hydrogen (secondary N) is 2. The molecule has 6 nitrogen and oxygen atoms in total. The Morgan fingerprint density at radius 2 is 1.58 bits per heavy atom. The van der Waals surface area contributed by atoms with Crippen molar-refractivity contribution < 1.29 is 14.4 Å². The van der Waals surface area contributed by atoms with Gasteiger partial charge in [-0.05, 0) is 60.5 Å². The van der Waals surface area contributed by atoms with E-state index in [1.54, 1.807) is 35.2 Å². The van der Waals surface area contributed by atoms with Gasteiger partial charge in [0.05, 0.1) is 6.04 Å². The highest BCUT2D eigenvalue weighted by atomic mass is 35.5. The molecule has 0 bridgehead atoms. The van der Waals surface area contributed by atoms with Crippen molar-refractivity contribution in [3.05, 3.63) is 93.5 Å². The van der Waals surface area contributed by atoms with E-state index in [4.69, 9.17) is 23.2 Å². The van der Waals surface area contributed by atoms with E-state index < -0.39 is 0 Å². The lowest BCUT2D eigenvalue weighted by Gasteiger charge is -2.35. The molecule has 3 amide bonds. The van der Waals surface area contributed by atoms with Crippen molar-refractivity contribution >= 4 is 52.3 Å². The minimum Gasteiger partial charge on any atom is -0.351 e. The summed E-state index contributed by atoms with van der Waals surface area (Å²) in [5.41, 5.74) is 3.17. The van der Waals surface area contributed by atoms with Crippen molar-refractivity contribution in [3.63, 3.8) is 0 Å². The maximum atomic E-state index is 13.3. The zero-order valence-corrected chi connectivity index (χ0v) is 19.3. The molecule has 0 aliphatic carbocycles. The van der Waals surface area contributed by atoms with Crippen molar-refractivity contribution in [1.29, 1.82) is 0 Å². The Morgan fingerprint density at radius 3 is 2.24 bits per heavy atom. The van der Waals surface area contributed by atoms with E-state index in [1.807, 2.05) is 24.3 Å². The number of benzene rings is 3. The summed E-state index contributed by atoms with van der Waals surface area (Å²) >= 11 is 11.9. The zero-order chi connectivity index (χ0) is 23.5. The molecule has 33 heavy (non-hydrogen) atoms. The minimum absolute atomic E-state index is 0.132. The van der Waals surface area contributed by atoms with Crippen LogP contribution < -0.4 is 15.5 Å². The van der Waals surface area contributed by atoms with E-state index in [1.165, 1.54) is 19.1 Å². The number of carbonyl (C=O) groups is 3. The van der Waals surface area contributed by atoms with Crippen LogP contribution in [0.15, 0.2) is 66.7 Å². The topological polar surface area (TPSA) is 78.5 Å². The first-order valence-corrected chi connectivity index (χ1v) is 11.1. The molecule has 168 valence electrons. The average molecular weight is 482 g/mol. The van der Waals surface area contributed by atoms with Crippen LogP contribution in [0.3, 0.4) is 0 Å². The molecule has 0 spiro atoms. The fourth-order valence-electron chi connectivity index (χ4n) is 3.91. The second kappa shape index (κ2) is 9.65. The second-order valence-electron chi connectivity index (χ2n) is 7.84. The number of halogens is 2. The molecule has 1 atom stereocenters. The molecule has 4 rings (SSSR count). The van der Waals surface area contributed by atoms with Crippen LogP contribution in [0.5, 0.6) is 0 Å². The summed E-state index contributed by atoms with van der Waals surface area (Å²) in [5, 5.41) is 6.42. The van der Waals surface area contributed by atoms with E-state index in [0.717, 1.165) is 11.3 Å². The van der Waals surface area contributed by atoms with Gasteiger partial charge in [0.15, 0.2) is 0 Å². The SMILES string of the molecule is CC(=O)NC1Cc2ccccc2N(C(=O)c2ccc(NC(=O)c3cc(Cl)cc(Cl)c3)cc2)C1. The molecular weight excluding hydrogens is 461 g/mol. The minimum atomic E-state index is -0.360. The maximum Gasteiger partial charge on any atom is 0.258 e. The van der Waals surface area contributed by atoms with E-state index in [2.05, 4.69) is 10.6 Å². The largest absolute Gasteiger partial charge is 0.351 e. The summed E-state index contributed by atoms with van der Waals surface area (Å²) in [6, 6.07) is 18.8. The van der Waals surface area contributed by atoms with Gasteiger partial charge in [0.2, 0.25) is 5.91 Å². The molecule has 0 fully saturated rings. The number of nitrogens with zero attached hydrogens (tertiary/aromatic N) is 1. The molecule has 0 saturated heterocycles. The lowest BCUT2D eigenvalue weighted by molar-refractivity contribution is -0.119. The van der Waals surface area contributed by atoms with Crippen molar-refractivity contribution in [2.75, 3.05) is 16.8 Å². The van der Waals surface area contributed by atoms with Crippen molar-refractivity contribution in [3.8, 4) is 0 Å².